The first kappa shape index (κ1) is 16.8. The third kappa shape index (κ3) is 2.46. The van der Waals surface area contributed by atoms with E-state index in [-0.39, 0.29) is 11.8 Å². The van der Waals surface area contributed by atoms with Crippen LogP contribution in [0.25, 0.3) is 0 Å². The molecule has 0 N–H and O–H groups in total. The molecule has 28 heavy (non-hydrogen) atoms. The lowest BCUT2D eigenvalue weighted by Crippen LogP contribution is -2.37. The lowest BCUT2D eigenvalue weighted by atomic mass is 9.94. The number of benzene rings is 2. The number of fused-ring (bicyclic) bond motifs is 1. The summed E-state index contributed by atoms with van der Waals surface area (Å²) in [6.45, 7) is 1.96. The van der Waals surface area contributed by atoms with Gasteiger partial charge in [-0.1, -0.05) is 35.9 Å². The molecule has 1 aromatic heterocycles. The van der Waals surface area contributed by atoms with E-state index in [2.05, 4.69) is 0 Å². The molecule has 2 amide bonds. The number of anilines is 2. The van der Waals surface area contributed by atoms with E-state index in [1.807, 2.05) is 49.4 Å². The number of carbonyl (C=O) groups is 2. The van der Waals surface area contributed by atoms with Gasteiger partial charge in [0.2, 0.25) is 5.91 Å². The fourth-order valence-electron chi connectivity index (χ4n) is 3.91. The molecule has 2 aliphatic heterocycles. The summed E-state index contributed by atoms with van der Waals surface area (Å²) < 4.78 is 5.61. The summed E-state index contributed by atoms with van der Waals surface area (Å²) in [5.74, 6) is -0.726. The maximum absolute atomic E-state index is 13.3. The molecule has 2 aromatic carbocycles. The monoisotopic (exact) mass is 374 g/mol. The lowest BCUT2D eigenvalue weighted by molar-refractivity contribution is -0.126. The van der Waals surface area contributed by atoms with Gasteiger partial charge in [0.05, 0.1) is 17.6 Å². The zero-order valence-electron chi connectivity index (χ0n) is 15.2. The molecule has 2 saturated heterocycles. The molecule has 6 heteroatoms. The third-order valence-corrected chi connectivity index (χ3v) is 5.25. The van der Waals surface area contributed by atoms with Crippen LogP contribution in [-0.4, -0.2) is 17.9 Å². The molecule has 5 rings (SSSR count). The summed E-state index contributed by atoms with van der Waals surface area (Å²) in [5, 5.41) is 1.62. The fourth-order valence-corrected chi connectivity index (χ4v) is 3.91. The normalized spacial score (nSPS) is 24.1. The first-order valence-corrected chi connectivity index (χ1v) is 9.14. The highest BCUT2D eigenvalue weighted by Crippen LogP contribution is 2.47. The van der Waals surface area contributed by atoms with Gasteiger partial charge in [-0.15, -0.1) is 0 Å². The number of nitrogens with zero attached hydrogens (tertiary/aromatic N) is 2. The summed E-state index contributed by atoms with van der Waals surface area (Å²) in [7, 11) is 0. The topological polar surface area (TPSA) is 63.0 Å². The minimum atomic E-state index is -0.885. The number of amides is 2. The third-order valence-electron chi connectivity index (χ3n) is 5.25. The van der Waals surface area contributed by atoms with Gasteiger partial charge >= 0.3 is 0 Å². The largest absolute Gasteiger partial charge is 0.467 e. The van der Waals surface area contributed by atoms with Crippen LogP contribution in [0.1, 0.15) is 17.4 Å². The predicted molar refractivity (Wildman–Crippen MR) is 102 cm³/mol. The number of rotatable bonds is 3. The van der Waals surface area contributed by atoms with Crippen LogP contribution in [0, 0.1) is 12.8 Å². The van der Waals surface area contributed by atoms with E-state index in [9.17, 15) is 9.59 Å². The number of hydrogen-bond donors (Lipinski definition) is 0. The van der Waals surface area contributed by atoms with E-state index >= 15 is 0 Å². The second-order valence-electron chi connectivity index (χ2n) is 7.02. The Morgan fingerprint density at radius 3 is 2.25 bits per heavy atom. The first-order valence-electron chi connectivity index (χ1n) is 9.14. The summed E-state index contributed by atoms with van der Waals surface area (Å²) >= 11 is 0. The number of carbonyl (C=O) groups excluding carboxylic acids is 2. The minimum absolute atomic E-state index is 0.279. The van der Waals surface area contributed by atoms with Gasteiger partial charge in [0, 0.05) is 0 Å². The molecule has 2 fully saturated rings. The van der Waals surface area contributed by atoms with Crippen LogP contribution in [0.5, 0.6) is 0 Å². The van der Waals surface area contributed by atoms with Gasteiger partial charge in [-0.3, -0.25) is 14.4 Å². The Kier molecular flexibility index (Phi) is 3.80. The quantitative estimate of drug-likeness (QED) is 0.655. The van der Waals surface area contributed by atoms with Crippen LogP contribution in [0.4, 0.5) is 11.4 Å². The van der Waals surface area contributed by atoms with Crippen molar-refractivity contribution in [2.45, 2.75) is 19.1 Å². The van der Waals surface area contributed by atoms with Crippen molar-refractivity contribution in [3.8, 4) is 0 Å². The summed E-state index contributed by atoms with van der Waals surface area (Å²) in [6, 6.07) is 19.8. The maximum Gasteiger partial charge on any atom is 0.266 e. The fraction of sp³-hybridized carbons (Fsp3) is 0.182. The Hall–Kier alpha value is -3.38. The molecular formula is C22H18N2O4. The van der Waals surface area contributed by atoms with E-state index in [1.54, 1.807) is 35.6 Å². The number of imide groups is 1. The average Bonchev–Trinajstić information content (AvgIpc) is 3.42. The van der Waals surface area contributed by atoms with Crippen molar-refractivity contribution in [3.05, 3.63) is 84.3 Å². The van der Waals surface area contributed by atoms with Gasteiger partial charge in [-0.2, -0.15) is 0 Å². The van der Waals surface area contributed by atoms with Gasteiger partial charge in [-0.05, 0) is 43.3 Å². The maximum atomic E-state index is 13.3. The zero-order valence-corrected chi connectivity index (χ0v) is 15.2. The van der Waals surface area contributed by atoms with Gasteiger partial charge < -0.3 is 4.42 Å². The van der Waals surface area contributed by atoms with Gasteiger partial charge in [0.15, 0.2) is 6.10 Å². The smallest absolute Gasteiger partial charge is 0.266 e. The molecule has 0 bridgehead atoms. The number of para-hydroxylation sites is 1. The highest BCUT2D eigenvalue weighted by Gasteiger charge is 2.61. The van der Waals surface area contributed by atoms with Crippen molar-refractivity contribution < 1.29 is 18.8 Å². The summed E-state index contributed by atoms with van der Waals surface area (Å²) in [6.07, 6.45) is 0.675. The Bertz CT molecular complexity index is 1010. The number of hydroxylamine groups is 1. The lowest BCUT2D eigenvalue weighted by Gasteiger charge is -2.27. The van der Waals surface area contributed by atoms with Gasteiger partial charge in [0.1, 0.15) is 17.7 Å². The molecule has 0 radical (unpaired) electrons. The average molecular weight is 374 g/mol. The van der Waals surface area contributed by atoms with Crippen LogP contribution in [0.2, 0.25) is 0 Å². The molecule has 2 aliphatic rings. The van der Waals surface area contributed by atoms with Crippen LogP contribution in [-0.2, 0) is 14.4 Å². The number of aryl methyl sites for hydroxylation is 1. The van der Waals surface area contributed by atoms with Crippen molar-refractivity contribution in [1.29, 1.82) is 0 Å². The van der Waals surface area contributed by atoms with Crippen LogP contribution in [0.3, 0.4) is 0 Å². The van der Waals surface area contributed by atoms with E-state index < -0.39 is 18.1 Å². The molecule has 3 heterocycles. The SMILES string of the molecule is Cc1ccc(N2C(=O)[C@@H]3[C@@H](c4ccco4)N(c4ccccc4)O[C@H]3C2=O)cc1. The zero-order chi connectivity index (χ0) is 19.3. The van der Waals surface area contributed by atoms with Crippen LogP contribution < -0.4 is 9.96 Å². The molecule has 0 unspecified atom stereocenters. The Morgan fingerprint density at radius 1 is 0.821 bits per heavy atom. The van der Waals surface area contributed by atoms with Gasteiger partial charge in [0.25, 0.3) is 5.91 Å². The molecule has 140 valence electrons. The molecule has 0 spiro atoms. The standard InChI is InChI=1S/C22H18N2O4/c1-14-9-11-15(12-10-14)23-21(25)18-19(17-8-5-13-27-17)24(28-20(18)22(23)26)16-6-3-2-4-7-16/h2-13,18-20H,1H3/t18-,19-,20-/m1/s1. The molecule has 3 aromatic rings. The Balaban J connectivity index is 1.56. The van der Waals surface area contributed by atoms with Crippen LogP contribution >= 0.6 is 0 Å². The van der Waals surface area contributed by atoms with E-state index in [4.69, 9.17) is 9.25 Å². The minimum Gasteiger partial charge on any atom is -0.467 e. The van der Waals surface area contributed by atoms with Crippen molar-refractivity contribution >= 4 is 23.2 Å². The highest BCUT2D eigenvalue weighted by molar-refractivity contribution is 6.23. The molecule has 0 saturated carbocycles. The molecular weight excluding hydrogens is 356 g/mol. The van der Waals surface area contributed by atoms with Crippen molar-refractivity contribution in [2.75, 3.05) is 9.96 Å². The second kappa shape index (κ2) is 6.35. The second-order valence-corrected chi connectivity index (χ2v) is 7.02. The summed E-state index contributed by atoms with van der Waals surface area (Å²) in [5.41, 5.74) is 2.38. The first-order chi connectivity index (χ1) is 13.6. The predicted octanol–water partition coefficient (Wildman–Crippen LogP) is 3.64. The molecule has 6 nitrogen and oxygen atoms in total. The summed E-state index contributed by atoms with van der Waals surface area (Å²) in [4.78, 5) is 33.7. The number of furan rings is 1. The van der Waals surface area contributed by atoms with Crippen molar-refractivity contribution in [2.24, 2.45) is 5.92 Å². The van der Waals surface area contributed by atoms with Crippen molar-refractivity contribution in [1.82, 2.24) is 0 Å². The Labute approximate surface area is 161 Å². The van der Waals surface area contributed by atoms with Crippen LogP contribution in [0.15, 0.2) is 77.4 Å². The van der Waals surface area contributed by atoms with E-state index in [0.29, 0.717) is 11.4 Å². The van der Waals surface area contributed by atoms with Gasteiger partial charge in [-0.25, -0.2) is 9.96 Å². The number of hydrogen-bond acceptors (Lipinski definition) is 5. The molecule has 3 atom stereocenters. The highest BCUT2D eigenvalue weighted by atomic mass is 16.7. The van der Waals surface area contributed by atoms with E-state index in [0.717, 1.165) is 11.3 Å². The van der Waals surface area contributed by atoms with E-state index in [1.165, 1.54) is 4.90 Å². The molecule has 0 aliphatic carbocycles. The Morgan fingerprint density at radius 2 is 1.57 bits per heavy atom. The van der Waals surface area contributed by atoms with Crippen molar-refractivity contribution in [3.63, 3.8) is 0 Å².